The summed E-state index contributed by atoms with van der Waals surface area (Å²) in [6, 6.07) is 18.1. The Hall–Kier alpha value is -4.59. The largest absolute Gasteiger partial charge is 0.507 e. The van der Waals surface area contributed by atoms with E-state index in [0.717, 1.165) is 11.3 Å². The molecule has 3 aromatic carbocycles. The minimum Gasteiger partial charge on any atom is -0.507 e. The zero-order valence-corrected chi connectivity index (χ0v) is 24.3. The fourth-order valence-corrected chi connectivity index (χ4v) is 4.99. The number of benzene rings is 3. The number of carboxylic acids is 1. The van der Waals surface area contributed by atoms with Crippen molar-refractivity contribution in [1.29, 1.82) is 0 Å². The number of aromatic carboxylic acids is 1. The van der Waals surface area contributed by atoms with Gasteiger partial charge in [-0.3, -0.25) is 9.59 Å². The van der Waals surface area contributed by atoms with Gasteiger partial charge >= 0.3 is 5.97 Å². The highest BCUT2D eigenvalue weighted by Crippen LogP contribution is 2.42. The molecule has 214 valence electrons. The summed E-state index contributed by atoms with van der Waals surface area (Å²) in [5.41, 5.74) is 3.35. The van der Waals surface area contributed by atoms with Crippen LogP contribution in [-0.4, -0.2) is 53.5 Å². The van der Waals surface area contributed by atoms with Gasteiger partial charge in [-0.2, -0.15) is 0 Å². The summed E-state index contributed by atoms with van der Waals surface area (Å²) in [4.78, 5) is 41.7. The summed E-state index contributed by atoms with van der Waals surface area (Å²) in [6.45, 7) is 8.55. The Morgan fingerprint density at radius 3 is 2.07 bits per heavy atom. The van der Waals surface area contributed by atoms with E-state index in [9.17, 15) is 24.6 Å². The quantitative estimate of drug-likeness (QED) is 0.206. The monoisotopic (exact) mass is 556 g/mol. The highest BCUT2D eigenvalue weighted by molar-refractivity contribution is 6.46. The molecule has 0 bridgehead atoms. The van der Waals surface area contributed by atoms with E-state index in [1.54, 1.807) is 24.3 Å². The molecule has 3 aromatic rings. The third-order valence-electron chi connectivity index (χ3n) is 7.18. The fourth-order valence-electron chi connectivity index (χ4n) is 4.99. The molecule has 1 amide bonds. The SMILES string of the molecule is CCOc1ccc(/C(O)=C2/C(=O)C(=O)N(Cc3ccc(C(=O)O)cc3)C2c2ccc(N(C)C)cc2)cc1C(C)(C)C. The Balaban J connectivity index is 1.86. The lowest BCUT2D eigenvalue weighted by atomic mass is 9.84. The smallest absolute Gasteiger partial charge is 0.335 e. The summed E-state index contributed by atoms with van der Waals surface area (Å²) in [5, 5.41) is 20.9. The number of rotatable bonds is 8. The summed E-state index contributed by atoms with van der Waals surface area (Å²) >= 11 is 0. The Morgan fingerprint density at radius 1 is 0.927 bits per heavy atom. The van der Waals surface area contributed by atoms with Crippen LogP contribution < -0.4 is 9.64 Å². The van der Waals surface area contributed by atoms with E-state index in [0.29, 0.717) is 29.0 Å². The maximum atomic E-state index is 13.6. The van der Waals surface area contributed by atoms with Gasteiger partial charge < -0.3 is 24.7 Å². The zero-order chi connectivity index (χ0) is 30.1. The third-order valence-corrected chi connectivity index (χ3v) is 7.18. The van der Waals surface area contributed by atoms with Gasteiger partial charge in [-0.05, 0) is 65.9 Å². The number of ether oxygens (including phenoxy) is 1. The van der Waals surface area contributed by atoms with E-state index in [2.05, 4.69) is 0 Å². The first-order chi connectivity index (χ1) is 19.3. The van der Waals surface area contributed by atoms with E-state index < -0.39 is 23.7 Å². The second-order valence-electron chi connectivity index (χ2n) is 11.3. The van der Waals surface area contributed by atoms with Crippen LogP contribution in [0.15, 0.2) is 72.3 Å². The first kappa shape index (κ1) is 29.4. The van der Waals surface area contributed by atoms with Crippen LogP contribution in [0.4, 0.5) is 5.69 Å². The number of carbonyl (C=O) groups excluding carboxylic acids is 2. The Labute approximate surface area is 240 Å². The number of aliphatic hydroxyl groups is 1. The van der Waals surface area contributed by atoms with Crippen molar-refractivity contribution < 1.29 is 29.3 Å². The van der Waals surface area contributed by atoms with Crippen LogP contribution in [0.3, 0.4) is 0 Å². The van der Waals surface area contributed by atoms with Gasteiger partial charge in [0.25, 0.3) is 11.7 Å². The van der Waals surface area contributed by atoms with Crippen LogP contribution in [0.2, 0.25) is 0 Å². The molecule has 1 saturated heterocycles. The van der Waals surface area contributed by atoms with E-state index in [4.69, 9.17) is 4.74 Å². The molecule has 41 heavy (non-hydrogen) atoms. The molecule has 0 spiro atoms. The average molecular weight is 557 g/mol. The number of nitrogens with zero attached hydrogens (tertiary/aromatic N) is 2. The first-order valence-electron chi connectivity index (χ1n) is 13.5. The van der Waals surface area contributed by atoms with Crippen molar-refractivity contribution in [3.05, 3.63) is 100 Å². The molecule has 0 aromatic heterocycles. The van der Waals surface area contributed by atoms with Crippen LogP contribution in [0.5, 0.6) is 5.75 Å². The normalized spacial score (nSPS) is 16.6. The second kappa shape index (κ2) is 11.5. The van der Waals surface area contributed by atoms with E-state index in [1.807, 2.05) is 77.0 Å². The topological polar surface area (TPSA) is 107 Å². The number of aliphatic hydroxyl groups excluding tert-OH is 1. The highest BCUT2D eigenvalue weighted by atomic mass is 16.5. The average Bonchev–Trinajstić information content (AvgIpc) is 3.17. The summed E-state index contributed by atoms with van der Waals surface area (Å²) in [5.74, 6) is -2.14. The number of hydrogen-bond donors (Lipinski definition) is 2. The lowest BCUT2D eigenvalue weighted by molar-refractivity contribution is -0.140. The van der Waals surface area contributed by atoms with Crippen LogP contribution in [0.1, 0.15) is 66.3 Å². The fraction of sp³-hybridized carbons (Fsp3) is 0.303. The van der Waals surface area contributed by atoms with E-state index >= 15 is 0 Å². The number of hydrogen-bond acceptors (Lipinski definition) is 6. The molecule has 4 rings (SSSR count). The van der Waals surface area contributed by atoms with Gasteiger partial charge in [0.2, 0.25) is 0 Å². The van der Waals surface area contributed by atoms with Gasteiger partial charge in [-0.1, -0.05) is 45.0 Å². The number of carbonyl (C=O) groups is 3. The summed E-state index contributed by atoms with van der Waals surface area (Å²) in [7, 11) is 3.83. The first-order valence-corrected chi connectivity index (χ1v) is 13.5. The predicted octanol–water partition coefficient (Wildman–Crippen LogP) is 5.77. The molecule has 1 atom stereocenters. The number of Topliss-reactive ketones (excluding diaryl/α,β-unsaturated/α-hetero) is 1. The second-order valence-corrected chi connectivity index (χ2v) is 11.3. The molecule has 8 heteroatoms. The lowest BCUT2D eigenvalue weighted by Gasteiger charge is -2.26. The molecule has 8 nitrogen and oxygen atoms in total. The standard InChI is InChI=1S/C33H36N2O6/c1-7-41-26-17-14-23(18-25(26)33(2,3)4)29(36)27-28(21-12-15-24(16-13-21)34(5)6)35(31(38)30(27)37)19-20-8-10-22(11-9-20)32(39)40/h8-18,28,36H,7,19H2,1-6H3,(H,39,40)/b29-27-. The van der Waals surface area contributed by atoms with Crippen molar-refractivity contribution in [2.75, 3.05) is 25.6 Å². The maximum absolute atomic E-state index is 13.6. The highest BCUT2D eigenvalue weighted by Gasteiger charge is 2.46. The van der Waals surface area contributed by atoms with Crippen molar-refractivity contribution in [1.82, 2.24) is 4.90 Å². The van der Waals surface area contributed by atoms with Crippen molar-refractivity contribution in [2.45, 2.75) is 45.7 Å². The number of carboxylic acid groups (broad SMARTS) is 1. The molecule has 2 N–H and O–H groups in total. The van der Waals surface area contributed by atoms with Gasteiger partial charge in [0.15, 0.2) is 0 Å². The van der Waals surface area contributed by atoms with E-state index in [1.165, 1.54) is 17.0 Å². The minimum atomic E-state index is -1.05. The molecule has 0 saturated carbocycles. The molecule has 1 unspecified atom stereocenters. The minimum absolute atomic E-state index is 0.00113. The van der Waals surface area contributed by atoms with Gasteiger partial charge in [-0.25, -0.2) is 4.79 Å². The molecule has 1 aliphatic heterocycles. The third kappa shape index (κ3) is 5.96. The van der Waals surface area contributed by atoms with Crippen LogP contribution >= 0.6 is 0 Å². The zero-order valence-electron chi connectivity index (χ0n) is 24.3. The van der Waals surface area contributed by atoms with Gasteiger partial charge in [0.1, 0.15) is 11.5 Å². The molecular weight excluding hydrogens is 520 g/mol. The van der Waals surface area contributed by atoms with Gasteiger partial charge in [0, 0.05) is 37.5 Å². The van der Waals surface area contributed by atoms with Crippen molar-refractivity contribution in [3.8, 4) is 5.75 Å². The summed E-state index contributed by atoms with van der Waals surface area (Å²) < 4.78 is 5.82. The summed E-state index contributed by atoms with van der Waals surface area (Å²) in [6.07, 6.45) is 0. The van der Waals surface area contributed by atoms with E-state index in [-0.39, 0.29) is 28.9 Å². The lowest BCUT2D eigenvalue weighted by Crippen LogP contribution is -2.29. The maximum Gasteiger partial charge on any atom is 0.335 e. The number of likely N-dealkylation sites (tertiary alicyclic amines) is 1. The van der Waals surface area contributed by atoms with Crippen molar-refractivity contribution in [3.63, 3.8) is 0 Å². The Kier molecular flexibility index (Phi) is 8.24. The molecular formula is C33H36N2O6. The molecule has 0 aliphatic carbocycles. The molecule has 0 radical (unpaired) electrons. The predicted molar refractivity (Wildman–Crippen MR) is 158 cm³/mol. The Bertz CT molecular complexity index is 1500. The van der Waals surface area contributed by atoms with Crippen LogP contribution in [0, 0.1) is 0 Å². The molecule has 1 fully saturated rings. The van der Waals surface area contributed by atoms with Crippen LogP contribution in [0.25, 0.3) is 5.76 Å². The number of anilines is 1. The Morgan fingerprint density at radius 2 is 1.54 bits per heavy atom. The number of amides is 1. The van der Waals surface area contributed by atoms with Crippen LogP contribution in [-0.2, 0) is 21.5 Å². The number of ketones is 1. The van der Waals surface area contributed by atoms with Gasteiger partial charge in [-0.15, -0.1) is 0 Å². The molecule has 1 aliphatic rings. The molecule has 1 heterocycles. The van der Waals surface area contributed by atoms with Crippen molar-refractivity contribution in [2.24, 2.45) is 0 Å². The van der Waals surface area contributed by atoms with Crippen molar-refractivity contribution >= 4 is 29.1 Å². The van der Waals surface area contributed by atoms with Gasteiger partial charge in [0.05, 0.1) is 23.8 Å².